The third kappa shape index (κ3) is 2.84. The van der Waals surface area contributed by atoms with E-state index < -0.39 is 0 Å². The van der Waals surface area contributed by atoms with Crippen molar-refractivity contribution in [3.8, 4) is 16.6 Å². The van der Waals surface area contributed by atoms with Gasteiger partial charge in [0.2, 0.25) is 0 Å². The maximum atomic E-state index is 12.3. The van der Waals surface area contributed by atoms with Crippen LogP contribution in [0.2, 0.25) is 0 Å². The maximum Gasteiger partial charge on any atom is 0.321 e. The van der Waals surface area contributed by atoms with Gasteiger partial charge in [0.1, 0.15) is 13.2 Å². The first-order valence-electron chi connectivity index (χ1n) is 7.68. The molecule has 8 heteroatoms. The highest BCUT2D eigenvalue weighted by Gasteiger charge is 2.46. The van der Waals surface area contributed by atoms with Crippen LogP contribution in [-0.2, 0) is 5.54 Å². The Balaban J connectivity index is 1.46. The number of rotatable bonds is 4. The molecule has 1 fully saturated rings. The summed E-state index contributed by atoms with van der Waals surface area (Å²) in [5.41, 5.74) is 0.681. The SMILES string of the molecule is COc1cnc(NC(=O)NC2(c3ccc4c(c3)OCCO4)CC2)s1. The minimum atomic E-state index is -0.346. The molecule has 24 heavy (non-hydrogen) atoms. The van der Waals surface area contributed by atoms with Crippen LogP contribution in [0.15, 0.2) is 24.4 Å². The van der Waals surface area contributed by atoms with Gasteiger partial charge in [0.15, 0.2) is 21.7 Å². The van der Waals surface area contributed by atoms with Gasteiger partial charge >= 0.3 is 6.03 Å². The number of methoxy groups -OCH3 is 1. The second-order valence-corrected chi connectivity index (χ2v) is 6.70. The summed E-state index contributed by atoms with van der Waals surface area (Å²) in [6.45, 7) is 1.11. The molecule has 7 nitrogen and oxygen atoms in total. The predicted molar refractivity (Wildman–Crippen MR) is 89.2 cm³/mol. The summed E-state index contributed by atoms with van der Waals surface area (Å²) in [5, 5.41) is 6.95. The lowest BCUT2D eigenvalue weighted by Crippen LogP contribution is -2.38. The molecule has 2 N–H and O–H groups in total. The van der Waals surface area contributed by atoms with Crippen LogP contribution < -0.4 is 24.8 Å². The molecule has 1 aliphatic heterocycles. The normalized spacial score (nSPS) is 17.0. The van der Waals surface area contributed by atoms with Crippen molar-refractivity contribution in [2.45, 2.75) is 18.4 Å². The van der Waals surface area contributed by atoms with Crippen molar-refractivity contribution in [1.82, 2.24) is 10.3 Å². The Morgan fingerprint density at radius 1 is 1.29 bits per heavy atom. The summed E-state index contributed by atoms with van der Waals surface area (Å²) >= 11 is 1.28. The molecular weight excluding hydrogens is 330 g/mol. The quantitative estimate of drug-likeness (QED) is 0.889. The first-order chi connectivity index (χ1) is 11.7. The van der Waals surface area contributed by atoms with E-state index in [4.69, 9.17) is 14.2 Å². The lowest BCUT2D eigenvalue weighted by Gasteiger charge is -2.22. The number of hydrogen-bond acceptors (Lipinski definition) is 6. The number of nitrogens with zero attached hydrogens (tertiary/aromatic N) is 1. The summed E-state index contributed by atoms with van der Waals surface area (Å²) in [6, 6.07) is 5.55. The lowest BCUT2D eigenvalue weighted by atomic mass is 10.0. The molecule has 1 aromatic heterocycles. The minimum Gasteiger partial charge on any atom is -0.486 e. The molecule has 0 saturated heterocycles. The number of carbonyl (C=O) groups is 1. The third-order valence-electron chi connectivity index (χ3n) is 4.10. The zero-order chi connectivity index (χ0) is 16.6. The fourth-order valence-corrected chi connectivity index (χ4v) is 3.34. The average molecular weight is 347 g/mol. The molecule has 0 radical (unpaired) electrons. The van der Waals surface area contributed by atoms with Crippen molar-refractivity contribution < 1.29 is 19.0 Å². The molecule has 4 rings (SSSR count). The Kier molecular flexibility index (Phi) is 3.68. The van der Waals surface area contributed by atoms with Gasteiger partial charge in [-0.3, -0.25) is 5.32 Å². The van der Waals surface area contributed by atoms with E-state index in [2.05, 4.69) is 15.6 Å². The molecule has 2 amide bonds. The number of ether oxygens (including phenoxy) is 3. The van der Waals surface area contributed by atoms with E-state index in [0.717, 1.165) is 29.9 Å². The Morgan fingerprint density at radius 3 is 2.79 bits per heavy atom. The number of carbonyl (C=O) groups excluding carboxylic acids is 1. The Hall–Kier alpha value is -2.48. The first kappa shape index (κ1) is 15.1. The summed E-state index contributed by atoms with van der Waals surface area (Å²) in [5.74, 6) is 1.48. The standard InChI is InChI=1S/C16H17N3O4S/c1-21-13-9-17-15(24-13)18-14(20)19-16(4-5-16)10-2-3-11-12(8-10)23-7-6-22-11/h2-3,8-9H,4-7H2,1H3,(H2,17,18,19,20). The molecule has 1 aromatic carbocycles. The van der Waals surface area contributed by atoms with Crippen LogP contribution in [0.25, 0.3) is 0 Å². The zero-order valence-corrected chi connectivity index (χ0v) is 13.9. The van der Waals surface area contributed by atoms with Crippen LogP contribution in [0.4, 0.5) is 9.93 Å². The molecule has 0 unspecified atom stereocenters. The van der Waals surface area contributed by atoms with Crippen LogP contribution in [-0.4, -0.2) is 31.3 Å². The van der Waals surface area contributed by atoms with E-state index in [-0.39, 0.29) is 11.6 Å². The fourth-order valence-electron chi connectivity index (χ4n) is 2.71. The first-order valence-corrected chi connectivity index (χ1v) is 8.49. The molecule has 0 atom stereocenters. The van der Waals surface area contributed by atoms with Gasteiger partial charge in [0.25, 0.3) is 0 Å². The maximum absolute atomic E-state index is 12.3. The third-order valence-corrected chi connectivity index (χ3v) is 4.98. The second kappa shape index (κ2) is 5.86. The number of anilines is 1. The van der Waals surface area contributed by atoms with E-state index in [1.54, 1.807) is 13.3 Å². The number of nitrogens with one attached hydrogen (secondary N) is 2. The van der Waals surface area contributed by atoms with E-state index in [9.17, 15) is 4.79 Å². The Bertz CT molecular complexity index is 772. The molecule has 0 spiro atoms. The summed E-state index contributed by atoms with van der Waals surface area (Å²) in [4.78, 5) is 16.4. The predicted octanol–water partition coefficient (Wildman–Crippen LogP) is 2.73. The highest BCUT2D eigenvalue weighted by molar-refractivity contribution is 7.17. The molecule has 0 bridgehead atoms. The Morgan fingerprint density at radius 2 is 2.08 bits per heavy atom. The number of amides is 2. The van der Waals surface area contributed by atoms with Crippen LogP contribution in [0, 0.1) is 0 Å². The van der Waals surface area contributed by atoms with Crippen LogP contribution >= 0.6 is 11.3 Å². The molecule has 126 valence electrons. The largest absolute Gasteiger partial charge is 0.486 e. The number of hydrogen-bond donors (Lipinski definition) is 2. The van der Waals surface area contributed by atoms with Crippen LogP contribution in [0.1, 0.15) is 18.4 Å². The van der Waals surface area contributed by atoms with Gasteiger partial charge in [0.05, 0.1) is 18.8 Å². The van der Waals surface area contributed by atoms with Gasteiger partial charge in [-0.25, -0.2) is 9.78 Å². The zero-order valence-electron chi connectivity index (χ0n) is 13.1. The van der Waals surface area contributed by atoms with Crippen molar-refractivity contribution in [3.63, 3.8) is 0 Å². The number of fused-ring (bicyclic) bond motifs is 1. The van der Waals surface area contributed by atoms with E-state index in [0.29, 0.717) is 23.4 Å². The van der Waals surface area contributed by atoms with Crippen LogP contribution in [0.5, 0.6) is 16.6 Å². The topological polar surface area (TPSA) is 81.7 Å². The highest BCUT2D eigenvalue weighted by Crippen LogP contribution is 2.47. The fraction of sp³-hybridized carbons (Fsp3) is 0.375. The van der Waals surface area contributed by atoms with E-state index >= 15 is 0 Å². The Labute approximate surface area is 142 Å². The lowest BCUT2D eigenvalue weighted by molar-refractivity contribution is 0.171. The van der Waals surface area contributed by atoms with Gasteiger partial charge < -0.3 is 19.5 Å². The summed E-state index contributed by atoms with van der Waals surface area (Å²) in [7, 11) is 1.57. The van der Waals surface area contributed by atoms with Crippen molar-refractivity contribution >= 4 is 22.5 Å². The van der Waals surface area contributed by atoms with Crippen molar-refractivity contribution in [2.75, 3.05) is 25.6 Å². The van der Waals surface area contributed by atoms with Gasteiger partial charge in [-0.1, -0.05) is 17.4 Å². The van der Waals surface area contributed by atoms with Gasteiger partial charge in [-0.05, 0) is 30.5 Å². The van der Waals surface area contributed by atoms with Crippen LogP contribution in [0.3, 0.4) is 0 Å². The van der Waals surface area contributed by atoms with Gasteiger partial charge in [-0.15, -0.1) is 0 Å². The second-order valence-electron chi connectivity index (χ2n) is 5.71. The monoisotopic (exact) mass is 347 g/mol. The highest BCUT2D eigenvalue weighted by atomic mass is 32.1. The molecule has 1 saturated carbocycles. The minimum absolute atomic E-state index is 0.278. The molecular formula is C16H17N3O4S. The van der Waals surface area contributed by atoms with E-state index in [1.807, 2.05) is 18.2 Å². The number of aromatic nitrogens is 1. The number of benzene rings is 1. The van der Waals surface area contributed by atoms with E-state index in [1.165, 1.54) is 11.3 Å². The number of urea groups is 1. The molecule has 1 aliphatic carbocycles. The summed E-state index contributed by atoms with van der Waals surface area (Å²) in [6.07, 6.45) is 3.36. The molecule has 2 heterocycles. The smallest absolute Gasteiger partial charge is 0.321 e. The molecule has 2 aromatic rings. The van der Waals surface area contributed by atoms with Gasteiger partial charge in [-0.2, -0.15) is 0 Å². The summed E-state index contributed by atoms with van der Waals surface area (Å²) < 4.78 is 16.2. The molecule has 2 aliphatic rings. The van der Waals surface area contributed by atoms with Crippen molar-refractivity contribution in [3.05, 3.63) is 30.0 Å². The van der Waals surface area contributed by atoms with Gasteiger partial charge in [0, 0.05) is 0 Å². The van der Waals surface area contributed by atoms with Crippen molar-refractivity contribution in [2.24, 2.45) is 0 Å². The average Bonchev–Trinajstić information content (AvgIpc) is 3.24. The van der Waals surface area contributed by atoms with Crippen molar-refractivity contribution in [1.29, 1.82) is 0 Å². The number of thiazole rings is 1.